The Hall–Kier alpha value is -2.43. The Morgan fingerprint density at radius 2 is 1.20 bits per heavy atom. The molecule has 0 aliphatic carbocycles. The Kier molecular flexibility index (Phi) is 13.6. The first-order chi connectivity index (χ1) is 18.8. The van der Waals surface area contributed by atoms with Crippen LogP contribution in [-0.2, 0) is 28.5 Å². The average Bonchev–Trinajstić information content (AvgIpc) is 2.85. The lowest BCUT2D eigenvalue weighted by molar-refractivity contribution is -0.151. The monoisotopic (exact) mass is 620 g/mol. The lowest BCUT2D eigenvalue weighted by atomic mass is 10.0. The lowest BCUT2D eigenvalue weighted by Crippen LogP contribution is -2.33. The highest BCUT2D eigenvalue weighted by Gasteiger charge is 2.23. The lowest BCUT2D eigenvalue weighted by Gasteiger charge is -2.29. The van der Waals surface area contributed by atoms with E-state index in [0.29, 0.717) is 35.2 Å². The van der Waals surface area contributed by atoms with Crippen molar-refractivity contribution in [3.63, 3.8) is 0 Å². The zero-order valence-electron chi connectivity index (χ0n) is 23.0. The van der Waals surface area contributed by atoms with Gasteiger partial charge in [0.1, 0.15) is 23.9 Å². The third-order valence-corrected chi connectivity index (χ3v) is 6.33. The number of ether oxygens (including phenoxy) is 6. The molecule has 0 aromatic heterocycles. The van der Waals surface area contributed by atoms with Gasteiger partial charge in [-0.3, -0.25) is 0 Å². The van der Waals surface area contributed by atoms with Gasteiger partial charge in [0.2, 0.25) is 0 Å². The third kappa shape index (κ3) is 13.3. The number of hydrogen-bond donors (Lipinski definition) is 1. The SMILES string of the molecule is CC(C)(CCOC(=O)COc1ccc(Cl)cc1Cl)OCCC(C)(C)OCCOC(=O)COc1ccc(O)cc1Cl. The predicted octanol–water partition coefficient (Wildman–Crippen LogP) is 6.27. The highest BCUT2D eigenvalue weighted by atomic mass is 35.5. The van der Waals surface area contributed by atoms with Crippen molar-refractivity contribution in [3.05, 3.63) is 51.5 Å². The van der Waals surface area contributed by atoms with Crippen molar-refractivity contribution >= 4 is 46.7 Å². The number of carbonyl (C=O) groups is 2. The summed E-state index contributed by atoms with van der Waals surface area (Å²) in [6, 6.07) is 8.90. The van der Waals surface area contributed by atoms with Crippen LogP contribution in [0.3, 0.4) is 0 Å². The summed E-state index contributed by atoms with van der Waals surface area (Å²) in [4.78, 5) is 23.9. The summed E-state index contributed by atoms with van der Waals surface area (Å²) >= 11 is 17.8. The van der Waals surface area contributed by atoms with Crippen LogP contribution in [0.25, 0.3) is 0 Å². The van der Waals surface area contributed by atoms with Crippen molar-refractivity contribution < 1.29 is 43.1 Å². The maximum atomic E-state index is 12.0. The van der Waals surface area contributed by atoms with E-state index in [2.05, 4.69) is 0 Å². The molecule has 222 valence electrons. The molecule has 0 spiro atoms. The number of carbonyl (C=O) groups excluding carboxylic acids is 2. The molecule has 0 aliphatic heterocycles. The number of phenols is 1. The zero-order valence-corrected chi connectivity index (χ0v) is 25.2. The fourth-order valence-electron chi connectivity index (χ4n) is 3.16. The number of hydrogen-bond acceptors (Lipinski definition) is 9. The van der Waals surface area contributed by atoms with Crippen molar-refractivity contribution in [1.29, 1.82) is 0 Å². The Morgan fingerprint density at radius 1 is 0.700 bits per heavy atom. The number of phenolic OH excluding ortho intramolecular Hbond substituents is 1. The molecule has 2 rings (SSSR count). The second-order valence-electron chi connectivity index (χ2n) is 9.92. The summed E-state index contributed by atoms with van der Waals surface area (Å²) in [5, 5.41) is 10.3. The first-order valence-corrected chi connectivity index (χ1v) is 13.7. The minimum Gasteiger partial charge on any atom is -0.508 e. The molecule has 2 aromatic carbocycles. The molecule has 0 fully saturated rings. The van der Waals surface area contributed by atoms with E-state index in [4.69, 9.17) is 63.2 Å². The molecule has 0 amide bonds. The van der Waals surface area contributed by atoms with Crippen LogP contribution in [0.5, 0.6) is 17.2 Å². The quantitative estimate of drug-likeness (QED) is 0.161. The Morgan fingerprint density at radius 3 is 1.77 bits per heavy atom. The molecule has 1 N–H and O–H groups in total. The van der Waals surface area contributed by atoms with E-state index in [0.717, 1.165) is 0 Å². The van der Waals surface area contributed by atoms with Crippen LogP contribution in [0.15, 0.2) is 36.4 Å². The Balaban J connectivity index is 1.57. The largest absolute Gasteiger partial charge is 0.508 e. The second-order valence-corrected chi connectivity index (χ2v) is 11.2. The molecule has 0 unspecified atom stereocenters. The fraction of sp³-hybridized carbons (Fsp3) is 0.500. The Bertz CT molecular complexity index is 1120. The molecule has 2 aromatic rings. The van der Waals surface area contributed by atoms with E-state index < -0.39 is 23.1 Å². The standard InChI is InChI=1S/C28H35Cl3O9/c1-27(2,9-11-35-25(33)17-37-23-7-5-19(29)15-21(23)30)39-12-10-28(3,4)40-14-13-36-26(34)18-38-24-8-6-20(32)16-22(24)31/h5-8,15-16,32H,9-14,17-18H2,1-4H3. The van der Waals surface area contributed by atoms with E-state index in [1.165, 1.54) is 24.3 Å². The van der Waals surface area contributed by atoms with E-state index in [1.54, 1.807) is 12.1 Å². The maximum absolute atomic E-state index is 12.0. The van der Waals surface area contributed by atoms with Gasteiger partial charge in [-0.15, -0.1) is 0 Å². The minimum absolute atomic E-state index is 0.00170. The molecule has 0 radical (unpaired) electrons. The minimum atomic E-state index is -0.573. The molecule has 0 bridgehead atoms. The van der Waals surface area contributed by atoms with Crippen LogP contribution in [0.2, 0.25) is 15.1 Å². The van der Waals surface area contributed by atoms with Gasteiger partial charge < -0.3 is 33.5 Å². The van der Waals surface area contributed by atoms with Gasteiger partial charge in [-0.2, -0.15) is 0 Å². The summed E-state index contributed by atoms with van der Waals surface area (Å²) < 4.78 is 32.9. The van der Waals surface area contributed by atoms with Crippen molar-refractivity contribution in [2.45, 2.75) is 51.7 Å². The number of aromatic hydroxyl groups is 1. The molecule has 9 nitrogen and oxygen atoms in total. The number of benzene rings is 2. The van der Waals surface area contributed by atoms with Gasteiger partial charge in [-0.25, -0.2) is 9.59 Å². The van der Waals surface area contributed by atoms with Crippen molar-refractivity contribution in [1.82, 2.24) is 0 Å². The van der Waals surface area contributed by atoms with Crippen LogP contribution in [0, 0.1) is 0 Å². The highest BCUT2D eigenvalue weighted by Crippen LogP contribution is 2.28. The van der Waals surface area contributed by atoms with Crippen LogP contribution in [0.1, 0.15) is 40.5 Å². The van der Waals surface area contributed by atoms with Crippen LogP contribution >= 0.6 is 34.8 Å². The van der Waals surface area contributed by atoms with Crippen molar-refractivity contribution in [3.8, 4) is 17.2 Å². The van der Waals surface area contributed by atoms with E-state index in [1.807, 2.05) is 27.7 Å². The maximum Gasteiger partial charge on any atom is 0.344 e. The smallest absolute Gasteiger partial charge is 0.344 e. The predicted molar refractivity (Wildman–Crippen MR) is 152 cm³/mol. The summed E-state index contributed by atoms with van der Waals surface area (Å²) in [7, 11) is 0. The van der Waals surface area contributed by atoms with Gasteiger partial charge in [0.15, 0.2) is 13.2 Å². The topological polar surface area (TPSA) is 110 Å². The highest BCUT2D eigenvalue weighted by molar-refractivity contribution is 6.35. The zero-order chi connectivity index (χ0) is 29.8. The van der Waals surface area contributed by atoms with Gasteiger partial charge in [0.25, 0.3) is 0 Å². The van der Waals surface area contributed by atoms with Crippen molar-refractivity contribution in [2.75, 3.05) is 39.6 Å². The molecule has 0 saturated heterocycles. The average molecular weight is 622 g/mol. The van der Waals surface area contributed by atoms with Gasteiger partial charge in [-0.05, 0) is 64.4 Å². The molecule has 0 heterocycles. The summed E-state index contributed by atoms with van der Waals surface area (Å²) in [5.74, 6) is -0.481. The molecular weight excluding hydrogens is 587 g/mol. The van der Waals surface area contributed by atoms with E-state index >= 15 is 0 Å². The number of esters is 2. The summed E-state index contributed by atoms with van der Waals surface area (Å²) in [5.41, 5.74) is -1.06. The van der Waals surface area contributed by atoms with Gasteiger partial charge in [-0.1, -0.05) is 34.8 Å². The number of rotatable bonds is 17. The van der Waals surface area contributed by atoms with Gasteiger partial charge in [0, 0.05) is 17.5 Å². The molecule has 0 saturated carbocycles. The van der Waals surface area contributed by atoms with E-state index in [9.17, 15) is 14.7 Å². The summed E-state index contributed by atoms with van der Waals surface area (Å²) in [6.45, 7) is 7.87. The normalized spacial score (nSPS) is 11.7. The molecule has 12 heteroatoms. The van der Waals surface area contributed by atoms with Gasteiger partial charge in [0.05, 0.1) is 41.1 Å². The molecule has 40 heavy (non-hydrogen) atoms. The number of halogens is 3. The first-order valence-electron chi connectivity index (χ1n) is 12.5. The third-order valence-electron chi connectivity index (χ3n) is 5.50. The second kappa shape index (κ2) is 16.1. The molecular formula is C28H35Cl3O9. The first kappa shape index (κ1) is 33.8. The van der Waals surface area contributed by atoms with Crippen LogP contribution < -0.4 is 9.47 Å². The fourth-order valence-corrected chi connectivity index (χ4v) is 3.85. The van der Waals surface area contributed by atoms with Crippen molar-refractivity contribution in [2.24, 2.45) is 0 Å². The molecule has 0 atom stereocenters. The van der Waals surface area contributed by atoms with E-state index in [-0.39, 0.29) is 49.6 Å². The van der Waals surface area contributed by atoms with Crippen LogP contribution in [-0.4, -0.2) is 67.9 Å². The summed E-state index contributed by atoms with van der Waals surface area (Å²) in [6.07, 6.45) is 1.07. The Labute approximate surface area is 249 Å². The van der Waals surface area contributed by atoms with Gasteiger partial charge >= 0.3 is 11.9 Å². The van der Waals surface area contributed by atoms with Crippen LogP contribution in [0.4, 0.5) is 0 Å². The molecule has 0 aliphatic rings.